The summed E-state index contributed by atoms with van der Waals surface area (Å²) >= 11 is 0. The first kappa shape index (κ1) is 13.8. The second-order valence-corrected chi connectivity index (χ2v) is 4.19. The molecule has 2 rings (SSSR count). The SMILES string of the molecule is COc1nc(OC)nc(-n2nc(C(C)C)n(N)c2=O)n1. The molecule has 0 saturated carbocycles. The standard InChI is InChI=1S/C10H15N7O3/c1-5(2)6-15-17(10(18)16(6)11)7-12-8(19-3)14-9(13-7)20-4/h5H,11H2,1-4H3. The van der Waals surface area contributed by atoms with Crippen LogP contribution in [0, 0.1) is 0 Å². The van der Waals surface area contributed by atoms with Crippen molar-refractivity contribution in [1.82, 2.24) is 29.4 Å². The van der Waals surface area contributed by atoms with Gasteiger partial charge in [-0.15, -0.1) is 14.8 Å². The Morgan fingerprint density at radius 1 is 1.10 bits per heavy atom. The van der Waals surface area contributed by atoms with Crippen LogP contribution in [0.1, 0.15) is 25.6 Å². The molecule has 2 aromatic rings. The topological polar surface area (TPSA) is 123 Å². The van der Waals surface area contributed by atoms with Crippen LogP contribution in [0.2, 0.25) is 0 Å². The molecule has 0 spiro atoms. The summed E-state index contributed by atoms with van der Waals surface area (Å²) in [6, 6.07) is 0.0211. The van der Waals surface area contributed by atoms with Crippen molar-refractivity contribution in [1.29, 1.82) is 0 Å². The average Bonchev–Trinajstić information content (AvgIpc) is 2.75. The summed E-state index contributed by atoms with van der Waals surface area (Å²) in [6.45, 7) is 3.73. The van der Waals surface area contributed by atoms with E-state index in [0.29, 0.717) is 5.82 Å². The van der Waals surface area contributed by atoms with E-state index in [0.717, 1.165) is 9.36 Å². The molecule has 2 N–H and O–H groups in total. The van der Waals surface area contributed by atoms with Crippen LogP contribution in [0.25, 0.3) is 5.95 Å². The van der Waals surface area contributed by atoms with Crippen molar-refractivity contribution in [2.75, 3.05) is 20.1 Å². The number of hydrogen-bond acceptors (Lipinski definition) is 8. The third-order valence-electron chi connectivity index (χ3n) is 2.49. The van der Waals surface area contributed by atoms with Gasteiger partial charge < -0.3 is 15.3 Å². The van der Waals surface area contributed by atoms with Crippen LogP contribution in [0.3, 0.4) is 0 Å². The lowest BCUT2D eigenvalue weighted by molar-refractivity contribution is 0.337. The second-order valence-electron chi connectivity index (χ2n) is 4.19. The van der Waals surface area contributed by atoms with Gasteiger partial charge in [0.25, 0.3) is 5.95 Å². The van der Waals surface area contributed by atoms with E-state index in [2.05, 4.69) is 20.1 Å². The van der Waals surface area contributed by atoms with E-state index in [9.17, 15) is 4.79 Å². The minimum atomic E-state index is -0.566. The van der Waals surface area contributed by atoms with Crippen LogP contribution in [0.5, 0.6) is 12.0 Å². The lowest BCUT2D eigenvalue weighted by atomic mass is 10.2. The fraction of sp³-hybridized carbons (Fsp3) is 0.500. The molecule has 0 saturated heterocycles. The molecule has 0 radical (unpaired) electrons. The number of aromatic nitrogens is 6. The van der Waals surface area contributed by atoms with E-state index in [1.54, 1.807) is 0 Å². The Bertz CT molecular complexity index is 654. The number of nitrogens with two attached hydrogens (primary N) is 1. The van der Waals surface area contributed by atoms with Gasteiger partial charge in [-0.3, -0.25) is 0 Å². The summed E-state index contributed by atoms with van der Waals surface area (Å²) in [7, 11) is 2.78. The van der Waals surface area contributed by atoms with E-state index in [-0.39, 0.29) is 23.9 Å². The number of rotatable bonds is 4. The van der Waals surface area contributed by atoms with E-state index in [1.165, 1.54) is 14.2 Å². The molecular weight excluding hydrogens is 266 g/mol. The molecule has 2 heterocycles. The van der Waals surface area contributed by atoms with Gasteiger partial charge in [0.05, 0.1) is 14.2 Å². The van der Waals surface area contributed by atoms with Gasteiger partial charge in [0.1, 0.15) is 0 Å². The largest absolute Gasteiger partial charge is 0.467 e. The molecule has 0 atom stereocenters. The van der Waals surface area contributed by atoms with Crippen molar-refractivity contribution in [3.05, 3.63) is 16.3 Å². The first-order valence-corrected chi connectivity index (χ1v) is 5.79. The number of hydrogen-bond donors (Lipinski definition) is 1. The summed E-state index contributed by atoms with van der Waals surface area (Å²) in [6.07, 6.45) is 0. The van der Waals surface area contributed by atoms with Gasteiger partial charge in [-0.05, 0) is 0 Å². The molecule has 10 nitrogen and oxygen atoms in total. The molecule has 0 aliphatic rings. The maximum Gasteiger partial charge on any atom is 0.372 e. The normalized spacial score (nSPS) is 10.8. The zero-order valence-electron chi connectivity index (χ0n) is 11.6. The van der Waals surface area contributed by atoms with Crippen LogP contribution in [0.15, 0.2) is 4.79 Å². The Morgan fingerprint density at radius 2 is 1.65 bits per heavy atom. The Hall–Kier alpha value is -2.65. The number of nitrogens with zero attached hydrogens (tertiary/aromatic N) is 6. The molecule has 0 fully saturated rings. The van der Waals surface area contributed by atoms with Crippen LogP contribution < -0.4 is 21.0 Å². The highest BCUT2D eigenvalue weighted by atomic mass is 16.5. The minimum Gasteiger partial charge on any atom is -0.467 e. The van der Waals surface area contributed by atoms with Gasteiger partial charge >= 0.3 is 17.7 Å². The number of ether oxygens (including phenoxy) is 2. The van der Waals surface area contributed by atoms with Crippen LogP contribution in [-0.4, -0.2) is 43.6 Å². The molecule has 0 bridgehead atoms. The molecule has 0 aliphatic carbocycles. The smallest absolute Gasteiger partial charge is 0.372 e. The minimum absolute atomic E-state index is 0.0106. The molecule has 0 unspecified atom stereocenters. The lowest BCUT2D eigenvalue weighted by Crippen LogP contribution is -2.31. The maximum atomic E-state index is 12.1. The van der Waals surface area contributed by atoms with Crippen molar-refractivity contribution < 1.29 is 9.47 Å². The fourth-order valence-corrected chi connectivity index (χ4v) is 1.52. The Balaban J connectivity index is 2.62. The van der Waals surface area contributed by atoms with Crippen molar-refractivity contribution in [2.24, 2.45) is 0 Å². The van der Waals surface area contributed by atoms with E-state index >= 15 is 0 Å². The highest BCUT2D eigenvalue weighted by Gasteiger charge is 2.18. The van der Waals surface area contributed by atoms with Crippen LogP contribution >= 0.6 is 0 Å². The summed E-state index contributed by atoms with van der Waals surface area (Å²) in [5.41, 5.74) is -0.566. The summed E-state index contributed by atoms with van der Waals surface area (Å²) in [5, 5.41) is 4.11. The van der Waals surface area contributed by atoms with Gasteiger partial charge in [0.15, 0.2) is 5.82 Å². The number of methoxy groups -OCH3 is 2. The zero-order chi connectivity index (χ0) is 14.9. The monoisotopic (exact) mass is 281 g/mol. The van der Waals surface area contributed by atoms with Crippen molar-refractivity contribution >= 4 is 0 Å². The lowest BCUT2D eigenvalue weighted by Gasteiger charge is -2.03. The first-order chi connectivity index (χ1) is 9.47. The molecule has 20 heavy (non-hydrogen) atoms. The predicted octanol–water partition coefficient (Wildman–Crippen LogP) is -0.927. The van der Waals surface area contributed by atoms with Crippen molar-refractivity contribution in [3.8, 4) is 18.0 Å². The third kappa shape index (κ3) is 2.27. The molecule has 2 aromatic heterocycles. The van der Waals surface area contributed by atoms with E-state index < -0.39 is 5.69 Å². The first-order valence-electron chi connectivity index (χ1n) is 5.79. The van der Waals surface area contributed by atoms with Crippen LogP contribution in [0.4, 0.5) is 0 Å². The quantitative estimate of drug-likeness (QED) is 0.713. The second kappa shape index (κ2) is 5.15. The van der Waals surface area contributed by atoms with Gasteiger partial charge in [-0.2, -0.15) is 14.6 Å². The summed E-state index contributed by atoms with van der Waals surface area (Å²) in [5.74, 6) is 6.03. The average molecular weight is 281 g/mol. The van der Waals surface area contributed by atoms with Crippen LogP contribution in [-0.2, 0) is 0 Å². The van der Waals surface area contributed by atoms with Gasteiger partial charge in [-0.1, -0.05) is 13.8 Å². The molecule has 0 amide bonds. The molecular formula is C10H15N7O3. The van der Waals surface area contributed by atoms with E-state index in [4.69, 9.17) is 15.3 Å². The Morgan fingerprint density at radius 3 is 2.05 bits per heavy atom. The molecule has 108 valence electrons. The van der Waals surface area contributed by atoms with E-state index in [1.807, 2.05) is 13.8 Å². The fourth-order valence-electron chi connectivity index (χ4n) is 1.52. The Kier molecular flexibility index (Phi) is 3.55. The van der Waals surface area contributed by atoms with Crippen molar-refractivity contribution in [2.45, 2.75) is 19.8 Å². The van der Waals surface area contributed by atoms with Gasteiger partial charge in [0, 0.05) is 5.92 Å². The van der Waals surface area contributed by atoms with Gasteiger partial charge in [-0.25, -0.2) is 4.79 Å². The third-order valence-corrected chi connectivity index (χ3v) is 2.49. The molecule has 0 aromatic carbocycles. The molecule has 10 heteroatoms. The summed E-state index contributed by atoms with van der Waals surface area (Å²) < 4.78 is 11.8. The highest BCUT2D eigenvalue weighted by molar-refractivity contribution is 5.16. The maximum absolute atomic E-state index is 12.1. The highest BCUT2D eigenvalue weighted by Crippen LogP contribution is 2.12. The van der Waals surface area contributed by atoms with Gasteiger partial charge in [0.2, 0.25) is 0 Å². The van der Waals surface area contributed by atoms with Crippen molar-refractivity contribution in [3.63, 3.8) is 0 Å². The summed E-state index contributed by atoms with van der Waals surface area (Å²) in [4.78, 5) is 23.8. The number of nitrogen functional groups attached to an aromatic ring is 1. The zero-order valence-corrected chi connectivity index (χ0v) is 11.6. The predicted molar refractivity (Wildman–Crippen MR) is 68.6 cm³/mol. The molecule has 0 aliphatic heterocycles. The Labute approximate surface area is 114 Å².